The number of nitrogens with zero attached hydrogens (tertiary/aromatic N) is 2. The summed E-state index contributed by atoms with van der Waals surface area (Å²) in [4.78, 5) is 12.5. The van der Waals surface area contributed by atoms with Crippen LogP contribution in [0.2, 0.25) is 0 Å². The van der Waals surface area contributed by atoms with Crippen LogP contribution >= 0.6 is 0 Å². The molecule has 5 N–H and O–H groups in total. The molecule has 0 fully saturated rings. The van der Waals surface area contributed by atoms with Crippen molar-refractivity contribution in [2.45, 2.75) is 44.6 Å². The van der Waals surface area contributed by atoms with Crippen LogP contribution in [-0.4, -0.2) is 20.3 Å². The van der Waals surface area contributed by atoms with Crippen molar-refractivity contribution in [1.29, 1.82) is 0 Å². The van der Waals surface area contributed by atoms with Crippen molar-refractivity contribution in [2.24, 2.45) is 15.9 Å². The van der Waals surface area contributed by atoms with Gasteiger partial charge < -0.3 is 16.8 Å². The smallest absolute Gasteiger partial charge is 0.285 e. The van der Waals surface area contributed by atoms with E-state index in [9.17, 15) is 13.2 Å². The SMILES string of the molecule is CCc1cc(-c2ccccc2)cc(CC)[n+]1CCC(=O)Nc1ccc(S(=O)(=O)N=C(N)N)cc1. The summed E-state index contributed by atoms with van der Waals surface area (Å²) in [6.07, 6.45) is 1.98. The van der Waals surface area contributed by atoms with E-state index in [0.717, 1.165) is 12.8 Å². The van der Waals surface area contributed by atoms with Crippen molar-refractivity contribution in [3.05, 3.63) is 78.1 Å². The molecule has 2 aromatic carbocycles. The van der Waals surface area contributed by atoms with Crippen molar-refractivity contribution in [1.82, 2.24) is 0 Å². The number of benzene rings is 2. The van der Waals surface area contributed by atoms with Gasteiger partial charge in [0.05, 0.1) is 11.3 Å². The molecule has 0 atom stereocenters. The lowest BCUT2D eigenvalue weighted by Gasteiger charge is -2.11. The molecule has 0 aliphatic rings. The fourth-order valence-corrected chi connectivity index (χ4v) is 4.61. The van der Waals surface area contributed by atoms with E-state index in [1.165, 1.54) is 46.8 Å². The van der Waals surface area contributed by atoms with Gasteiger partial charge in [-0.1, -0.05) is 44.2 Å². The Bertz CT molecular complexity index is 1260. The number of aryl methyl sites for hydroxylation is 2. The molecular weight excluding hydrogens is 450 g/mol. The van der Waals surface area contributed by atoms with Crippen LogP contribution in [0.25, 0.3) is 11.1 Å². The molecule has 1 aromatic heterocycles. The van der Waals surface area contributed by atoms with Gasteiger partial charge in [-0.3, -0.25) is 4.79 Å². The lowest BCUT2D eigenvalue weighted by Crippen LogP contribution is -2.43. The van der Waals surface area contributed by atoms with Crippen LogP contribution in [0.1, 0.15) is 31.7 Å². The fourth-order valence-electron chi connectivity index (χ4n) is 3.75. The van der Waals surface area contributed by atoms with E-state index in [2.05, 4.69) is 52.4 Å². The van der Waals surface area contributed by atoms with Gasteiger partial charge in [0.1, 0.15) is 0 Å². The molecule has 0 saturated carbocycles. The summed E-state index contributed by atoms with van der Waals surface area (Å²) in [6, 6.07) is 20.3. The summed E-state index contributed by atoms with van der Waals surface area (Å²) in [5, 5.41) is 2.81. The standard InChI is InChI=1S/C25H29N5O3S/c1-3-21-16-19(18-8-6-5-7-9-18)17-22(4-2)30(21)15-14-24(31)28-20-10-12-23(13-11-20)34(32,33)29-25(26)27/h5-13,16-17H,3-4,14-15H2,1-2H3,(H4-,26,27,28,29,31)/p+1. The van der Waals surface area contributed by atoms with Gasteiger partial charge in [-0.25, -0.2) is 0 Å². The van der Waals surface area contributed by atoms with Crippen LogP contribution in [0.5, 0.6) is 0 Å². The molecule has 8 nitrogen and oxygen atoms in total. The van der Waals surface area contributed by atoms with Crippen LogP contribution < -0.4 is 21.4 Å². The monoisotopic (exact) mass is 480 g/mol. The van der Waals surface area contributed by atoms with E-state index in [0.29, 0.717) is 12.2 Å². The number of pyridine rings is 1. The first-order valence-corrected chi connectivity index (χ1v) is 12.5. The molecule has 1 amide bonds. The Labute approximate surface area is 200 Å². The third-order valence-corrected chi connectivity index (χ3v) is 6.71. The van der Waals surface area contributed by atoms with Crippen LogP contribution in [-0.2, 0) is 34.2 Å². The number of anilines is 1. The summed E-state index contributed by atoms with van der Waals surface area (Å²) < 4.78 is 29.5. The van der Waals surface area contributed by atoms with Gasteiger partial charge in [0, 0.05) is 30.7 Å². The Morgan fingerprint density at radius 3 is 2.03 bits per heavy atom. The van der Waals surface area contributed by atoms with E-state index in [4.69, 9.17) is 11.5 Å². The first kappa shape index (κ1) is 24.9. The molecule has 0 aliphatic carbocycles. The largest absolute Gasteiger partial charge is 0.369 e. The summed E-state index contributed by atoms with van der Waals surface area (Å²) in [5.74, 6) is -0.701. The van der Waals surface area contributed by atoms with Gasteiger partial charge >= 0.3 is 0 Å². The highest BCUT2D eigenvalue weighted by atomic mass is 32.2. The van der Waals surface area contributed by atoms with Crippen molar-refractivity contribution in [3.63, 3.8) is 0 Å². The molecule has 178 valence electrons. The van der Waals surface area contributed by atoms with E-state index >= 15 is 0 Å². The second-order valence-corrected chi connectivity index (χ2v) is 9.37. The van der Waals surface area contributed by atoms with Crippen molar-refractivity contribution >= 4 is 27.6 Å². The molecule has 1 heterocycles. The Hall–Kier alpha value is -3.72. The number of hydrogen-bond donors (Lipinski definition) is 3. The van der Waals surface area contributed by atoms with Crippen molar-refractivity contribution in [3.8, 4) is 11.1 Å². The minimum Gasteiger partial charge on any atom is -0.369 e. The maximum atomic E-state index is 12.6. The van der Waals surface area contributed by atoms with Crippen molar-refractivity contribution < 1.29 is 17.8 Å². The van der Waals surface area contributed by atoms with Gasteiger partial charge in [0.25, 0.3) is 10.0 Å². The molecule has 0 unspecified atom stereocenters. The highest BCUT2D eigenvalue weighted by Crippen LogP contribution is 2.21. The molecule has 9 heteroatoms. The second-order valence-electron chi connectivity index (χ2n) is 7.77. The normalized spacial score (nSPS) is 11.1. The summed E-state index contributed by atoms with van der Waals surface area (Å²) in [6.45, 7) is 4.76. The molecule has 0 bridgehead atoms. The quantitative estimate of drug-likeness (QED) is 0.246. The predicted molar refractivity (Wildman–Crippen MR) is 134 cm³/mol. The highest BCUT2D eigenvalue weighted by Gasteiger charge is 2.19. The molecule has 3 aromatic rings. The van der Waals surface area contributed by atoms with E-state index in [-0.39, 0.29) is 17.2 Å². The van der Waals surface area contributed by atoms with Crippen LogP contribution in [0.4, 0.5) is 5.69 Å². The number of nitrogens with two attached hydrogens (primary N) is 2. The Morgan fingerprint density at radius 1 is 0.912 bits per heavy atom. The zero-order chi connectivity index (χ0) is 24.7. The number of carbonyl (C=O) groups excluding carboxylic acids is 1. The van der Waals surface area contributed by atoms with Gasteiger partial charge in [-0.05, 0) is 35.4 Å². The lowest BCUT2D eigenvalue weighted by molar-refractivity contribution is -0.709. The zero-order valence-electron chi connectivity index (χ0n) is 19.4. The first-order chi connectivity index (χ1) is 16.2. The van der Waals surface area contributed by atoms with Gasteiger partial charge in [-0.15, -0.1) is 4.40 Å². The molecule has 3 rings (SSSR count). The maximum Gasteiger partial charge on any atom is 0.285 e. The zero-order valence-corrected chi connectivity index (χ0v) is 20.2. The molecule has 34 heavy (non-hydrogen) atoms. The number of amides is 1. The maximum absolute atomic E-state index is 12.6. The number of rotatable bonds is 9. The second kappa shape index (κ2) is 10.9. The van der Waals surface area contributed by atoms with E-state index in [1.807, 2.05) is 18.2 Å². The number of guanidine groups is 1. The van der Waals surface area contributed by atoms with Crippen LogP contribution in [0.15, 0.2) is 76.0 Å². The van der Waals surface area contributed by atoms with Gasteiger partial charge in [0.2, 0.25) is 11.9 Å². The molecule has 0 spiro atoms. The molecular formula is C25H30N5O3S+. The summed E-state index contributed by atoms with van der Waals surface area (Å²) >= 11 is 0. The Morgan fingerprint density at radius 2 is 1.50 bits per heavy atom. The molecule has 0 radical (unpaired) electrons. The molecule has 0 aliphatic heterocycles. The minimum atomic E-state index is -3.97. The summed E-state index contributed by atoms with van der Waals surface area (Å²) in [5.41, 5.74) is 15.5. The fraction of sp³-hybridized carbons (Fsp3) is 0.240. The van der Waals surface area contributed by atoms with E-state index in [1.54, 1.807) is 0 Å². The number of aromatic nitrogens is 1. The predicted octanol–water partition coefficient (Wildman–Crippen LogP) is 2.76. The first-order valence-electron chi connectivity index (χ1n) is 11.1. The van der Waals surface area contributed by atoms with Crippen molar-refractivity contribution in [2.75, 3.05) is 5.32 Å². The summed E-state index contributed by atoms with van der Waals surface area (Å²) in [7, 11) is -3.97. The third kappa shape index (κ3) is 6.20. The minimum absolute atomic E-state index is 0.0619. The number of hydrogen-bond acceptors (Lipinski definition) is 3. The third-order valence-electron chi connectivity index (χ3n) is 5.39. The van der Waals surface area contributed by atoms with Crippen LogP contribution in [0, 0.1) is 0 Å². The van der Waals surface area contributed by atoms with Crippen LogP contribution in [0.3, 0.4) is 0 Å². The Kier molecular flexibility index (Phi) is 8.01. The number of sulfonamides is 1. The Balaban J connectivity index is 1.72. The van der Waals surface area contributed by atoms with Gasteiger partial charge in [-0.2, -0.15) is 13.0 Å². The average Bonchev–Trinajstić information content (AvgIpc) is 2.82. The molecule has 0 saturated heterocycles. The number of carbonyl (C=O) groups is 1. The highest BCUT2D eigenvalue weighted by molar-refractivity contribution is 7.90. The van der Waals surface area contributed by atoms with Gasteiger partial charge in [0.15, 0.2) is 17.9 Å². The topological polar surface area (TPSA) is 132 Å². The lowest BCUT2D eigenvalue weighted by atomic mass is 10.0. The number of nitrogens with one attached hydrogen (secondary N) is 1. The average molecular weight is 481 g/mol. The van der Waals surface area contributed by atoms with E-state index < -0.39 is 16.0 Å².